The molecule has 0 radical (unpaired) electrons. The van der Waals surface area contributed by atoms with Gasteiger partial charge in [0.05, 0.1) is 6.61 Å². The number of alkyl halides is 1. The van der Waals surface area contributed by atoms with E-state index in [-0.39, 0.29) is 19.4 Å². The van der Waals surface area contributed by atoms with Crippen molar-refractivity contribution in [2.75, 3.05) is 26.2 Å². The smallest absolute Gasteiger partial charge is 0.343 e. The van der Waals surface area contributed by atoms with Crippen LogP contribution in [0.2, 0.25) is 0 Å². The summed E-state index contributed by atoms with van der Waals surface area (Å²) >= 11 is 0. The van der Waals surface area contributed by atoms with Gasteiger partial charge >= 0.3 is 5.97 Å². The van der Waals surface area contributed by atoms with Crippen LogP contribution in [0.1, 0.15) is 33.6 Å². The van der Waals surface area contributed by atoms with Crippen LogP contribution in [0, 0.1) is 5.92 Å². The zero-order valence-electron chi connectivity index (χ0n) is 11.5. The first kappa shape index (κ1) is 15.4. The number of likely N-dealkylation sites (tertiary alicyclic amines) is 1. The maximum absolute atomic E-state index is 13.9. The molecule has 1 atom stereocenters. The van der Waals surface area contributed by atoms with E-state index in [9.17, 15) is 14.3 Å². The molecule has 0 amide bonds. The molecule has 0 bridgehead atoms. The summed E-state index contributed by atoms with van der Waals surface area (Å²) < 4.78 is 18.5. The second kappa shape index (κ2) is 6.48. The van der Waals surface area contributed by atoms with E-state index in [1.54, 1.807) is 6.92 Å². The molecule has 0 aliphatic carbocycles. The van der Waals surface area contributed by atoms with E-state index in [0.29, 0.717) is 19.0 Å². The van der Waals surface area contributed by atoms with Crippen molar-refractivity contribution in [2.24, 2.45) is 5.92 Å². The Kier molecular flexibility index (Phi) is 5.53. The van der Waals surface area contributed by atoms with Gasteiger partial charge in [-0.3, -0.25) is 0 Å². The van der Waals surface area contributed by atoms with Crippen molar-refractivity contribution < 1.29 is 19.0 Å². The fraction of sp³-hybridized carbons (Fsp3) is 0.923. The average molecular weight is 261 g/mol. The number of piperidine rings is 1. The number of rotatable bonds is 5. The quantitative estimate of drug-likeness (QED) is 0.759. The number of ether oxygens (including phenoxy) is 1. The van der Waals surface area contributed by atoms with Crippen molar-refractivity contribution in [3.8, 4) is 0 Å². The third-order valence-electron chi connectivity index (χ3n) is 3.31. The predicted molar refractivity (Wildman–Crippen MR) is 67.0 cm³/mol. The molecule has 1 heterocycles. The van der Waals surface area contributed by atoms with Gasteiger partial charge in [0, 0.05) is 19.6 Å². The van der Waals surface area contributed by atoms with Gasteiger partial charge in [0.15, 0.2) is 0 Å². The topological polar surface area (TPSA) is 49.8 Å². The summed E-state index contributed by atoms with van der Waals surface area (Å²) in [6.07, 6.45) is -1.38. The number of halogens is 1. The molecule has 1 rings (SSSR count). The van der Waals surface area contributed by atoms with Crippen molar-refractivity contribution in [1.82, 2.24) is 4.90 Å². The Balaban J connectivity index is 2.50. The third kappa shape index (κ3) is 3.92. The lowest BCUT2D eigenvalue weighted by molar-refractivity contribution is -0.164. The fourth-order valence-electron chi connectivity index (χ4n) is 2.33. The SMILES string of the molecule is CCOC(=O)C(F)C1(O)CCN(CC(C)C)CC1. The molecule has 5 heteroatoms. The zero-order valence-corrected chi connectivity index (χ0v) is 11.5. The minimum atomic E-state index is -1.93. The van der Waals surface area contributed by atoms with Crippen LogP contribution in [-0.4, -0.2) is 54.0 Å². The molecular weight excluding hydrogens is 237 g/mol. The first-order chi connectivity index (χ1) is 8.39. The highest BCUT2D eigenvalue weighted by Gasteiger charge is 2.45. The van der Waals surface area contributed by atoms with Crippen LogP contribution in [0.25, 0.3) is 0 Å². The summed E-state index contributed by atoms with van der Waals surface area (Å²) in [4.78, 5) is 13.5. The molecule has 1 saturated heterocycles. The second-order valence-electron chi connectivity index (χ2n) is 5.41. The largest absolute Gasteiger partial charge is 0.464 e. The van der Waals surface area contributed by atoms with Crippen molar-refractivity contribution in [2.45, 2.75) is 45.4 Å². The highest BCUT2D eigenvalue weighted by Crippen LogP contribution is 2.28. The van der Waals surface area contributed by atoms with E-state index in [1.807, 2.05) is 0 Å². The van der Waals surface area contributed by atoms with E-state index in [2.05, 4.69) is 23.5 Å². The Morgan fingerprint density at radius 2 is 2.00 bits per heavy atom. The third-order valence-corrected chi connectivity index (χ3v) is 3.31. The molecule has 1 aliphatic heterocycles. The van der Waals surface area contributed by atoms with Crippen molar-refractivity contribution in [3.63, 3.8) is 0 Å². The molecule has 18 heavy (non-hydrogen) atoms. The minimum absolute atomic E-state index is 0.134. The van der Waals surface area contributed by atoms with Gasteiger partial charge in [0.1, 0.15) is 5.60 Å². The number of hydrogen-bond donors (Lipinski definition) is 1. The lowest BCUT2D eigenvalue weighted by Crippen LogP contribution is -2.53. The molecule has 0 aromatic heterocycles. The Labute approximate surface area is 108 Å². The van der Waals surface area contributed by atoms with Crippen LogP contribution in [-0.2, 0) is 9.53 Å². The summed E-state index contributed by atoms with van der Waals surface area (Å²) in [5.74, 6) is -0.403. The summed E-state index contributed by atoms with van der Waals surface area (Å²) in [5, 5.41) is 10.2. The fourth-order valence-corrected chi connectivity index (χ4v) is 2.33. The van der Waals surface area contributed by atoms with Crippen LogP contribution in [0.15, 0.2) is 0 Å². The standard InChI is InChI=1S/C13H24FNO3/c1-4-18-12(16)11(14)13(17)5-7-15(8-6-13)9-10(2)3/h10-11,17H,4-9H2,1-3H3. The number of carbonyl (C=O) groups excluding carboxylic acids is 1. The molecule has 1 unspecified atom stereocenters. The highest BCUT2D eigenvalue weighted by atomic mass is 19.1. The van der Waals surface area contributed by atoms with E-state index in [1.165, 1.54) is 0 Å². The number of hydrogen-bond acceptors (Lipinski definition) is 4. The summed E-state index contributed by atoms with van der Waals surface area (Å²) in [5.41, 5.74) is -1.56. The summed E-state index contributed by atoms with van der Waals surface area (Å²) in [6.45, 7) is 8.18. The van der Waals surface area contributed by atoms with Gasteiger partial charge in [-0.05, 0) is 25.7 Å². The first-order valence-electron chi connectivity index (χ1n) is 6.64. The Hall–Kier alpha value is -0.680. The van der Waals surface area contributed by atoms with Gasteiger partial charge in [-0.2, -0.15) is 0 Å². The number of carbonyl (C=O) groups is 1. The van der Waals surface area contributed by atoms with Crippen LogP contribution < -0.4 is 0 Å². The molecule has 1 aliphatic rings. The highest BCUT2D eigenvalue weighted by molar-refractivity contribution is 5.76. The van der Waals surface area contributed by atoms with Crippen LogP contribution >= 0.6 is 0 Å². The van der Waals surface area contributed by atoms with Crippen molar-refractivity contribution >= 4 is 5.97 Å². The lowest BCUT2D eigenvalue weighted by atomic mass is 9.86. The Morgan fingerprint density at radius 1 is 1.44 bits per heavy atom. The number of aliphatic hydroxyl groups is 1. The molecule has 0 aromatic carbocycles. The normalized spacial score (nSPS) is 21.9. The Morgan fingerprint density at radius 3 is 2.44 bits per heavy atom. The van der Waals surface area contributed by atoms with Gasteiger partial charge in [-0.15, -0.1) is 0 Å². The van der Waals surface area contributed by atoms with Gasteiger partial charge in [-0.1, -0.05) is 13.8 Å². The van der Waals surface area contributed by atoms with Crippen LogP contribution in [0.5, 0.6) is 0 Å². The molecule has 1 N–H and O–H groups in total. The molecule has 0 spiro atoms. The van der Waals surface area contributed by atoms with Gasteiger partial charge < -0.3 is 14.7 Å². The number of esters is 1. The van der Waals surface area contributed by atoms with E-state index in [4.69, 9.17) is 0 Å². The van der Waals surface area contributed by atoms with Crippen molar-refractivity contribution in [1.29, 1.82) is 0 Å². The minimum Gasteiger partial charge on any atom is -0.464 e. The van der Waals surface area contributed by atoms with Crippen molar-refractivity contribution in [3.05, 3.63) is 0 Å². The van der Waals surface area contributed by atoms with Gasteiger partial charge in [-0.25, -0.2) is 9.18 Å². The van der Waals surface area contributed by atoms with Gasteiger partial charge in [0.25, 0.3) is 0 Å². The maximum Gasteiger partial charge on any atom is 0.343 e. The zero-order chi connectivity index (χ0) is 13.8. The van der Waals surface area contributed by atoms with Crippen LogP contribution in [0.4, 0.5) is 4.39 Å². The Bertz CT molecular complexity index is 275. The summed E-state index contributed by atoms with van der Waals surface area (Å²) in [7, 11) is 0. The maximum atomic E-state index is 13.9. The molecule has 0 saturated carbocycles. The van der Waals surface area contributed by atoms with E-state index < -0.39 is 17.7 Å². The average Bonchev–Trinajstić information content (AvgIpc) is 2.31. The lowest BCUT2D eigenvalue weighted by Gasteiger charge is -2.39. The number of nitrogens with zero attached hydrogens (tertiary/aromatic N) is 1. The molecule has 0 aromatic rings. The molecular formula is C13H24FNO3. The van der Waals surface area contributed by atoms with Crippen LogP contribution in [0.3, 0.4) is 0 Å². The molecule has 4 nitrogen and oxygen atoms in total. The van der Waals surface area contributed by atoms with E-state index >= 15 is 0 Å². The van der Waals surface area contributed by atoms with E-state index in [0.717, 1.165) is 6.54 Å². The molecule has 1 fully saturated rings. The predicted octanol–water partition coefficient (Wildman–Crippen LogP) is 1.37. The van der Waals surface area contributed by atoms with Gasteiger partial charge in [0.2, 0.25) is 6.17 Å². The first-order valence-corrected chi connectivity index (χ1v) is 6.64. The molecule has 106 valence electrons. The second-order valence-corrected chi connectivity index (χ2v) is 5.41. The summed E-state index contributed by atoms with van der Waals surface area (Å²) in [6, 6.07) is 0. The monoisotopic (exact) mass is 261 g/mol.